The second-order valence-electron chi connectivity index (χ2n) is 7.41. The van der Waals surface area contributed by atoms with E-state index in [0.29, 0.717) is 23.6 Å². The van der Waals surface area contributed by atoms with Gasteiger partial charge in [-0.2, -0.15) is 5.10 Å². The lowest BCUT2D eigenvalue weighted by atomic mass is 10.2. The first kappa shape index (κ1) is 19.7. The zero-order valence-corrected chi connectivity index (χ0v) is 16.8. The number of aryl methyl sites for hydroxylation is 1. The van der Waals surface area contributed by atoms with Crippen molar-refractivity contribution in [1.29, 1.82) is 0 Å². The second kappa shape index (κ2) is 8.38. The molecule has 8 heteroatoms. The topological polar surface area (TPSA) is 100 Å². The summed E-state index contributed by atoms with van der Waals surface area (Å²) in [6.45, 7) is 3.92. The third kappa shape index (κ3) is 4.49. The molecule has 0 spiro atoms. The lowest BCUT2D eigenvalue weighted by molar-refractivity contribution is -0.125. The molecule has 8 nitrogen and oxygen atoms in total. The summed E-state index contributed by atoms with van der Waals surface area (Å²) in [6, 6.07) is 18.6. The number of amides is 3. The van der Waals surface area contributed by atoms with Crippen LogP contribution in [0.3, 0.4) is 0 Å². The van der Waals surface area contributed by atoms with Crippen molar-refractivity contribution in [3.05, 3.63) is 66.2 Å². The summed E-state index contributed by atoms with van der Waals surface area (Å²) in [6.07, 6.45) is -0.173. The molecule has 3 aromatic rings. The van der Waals surface area contributed by atoms with Crippen LogP contribution in [0.25, 0.3) is 11.3 Å². The highest BCUT2D eigenvalue weighted by molar-refractivity contribution is 5.99. The predicted molar refractivity (Wildman–Crippen MR) is 116 cm³/mol. The van der Waals surface area contributed by atoms with Crippen molar-refractivity contribution in [3.63, 3.8) is 0 Å². The number of nitrogens with zero attached hydrogens (tertiary/aromatic N) is 2. The first-order valence-corrected chi connectivity index (χ1v) is 9.83. The Morgan fingerprint density at radius 1 is 1.10 bits per heavy atom. The van der Waals surface area contributed by atoms with Gasteiger partial charge in [0.1, 0.15) is 5.82 Å². The lowest BCUT2D eigenvalue weighted by Crippen LogP contribution is -2.52. The molecule has 1 aromatic heterocycles. The van der Waals surface area contributed by atoms with Crippen molar-refractivity contribution in [2.75, 3.05) is 10.6 Å². The van der Waals surface area contributed by atoms with Gasteiger partial charge in [0, 0.05) is 29.8 Å². The van der Waals surface area contributed by atoms with Crippen molar-refractivity contribution < 1.29 is 9.59 Å². The van der Waals surface area contributed by atoms with E-state index in [1.165, 1.54) is 0 Å². The Morgan fingerprint density at radius 2 is 1.83 bits per heavy atom. The van der Waals surface area contributed by atoms with Crippen LogP contribution in [0.2, 0.25) is 0 Å². The van der Waals surface area contributed by atoms with E-state index in [9.17, 15) is 9.59 Å². The van der Waals surface area contributed by atoms with Crippen LogP contribution in [0, 0.1) is 6.92 Å². The van der Waals surface area contributed by atoms with Crippen LogP contribution in [-0.2, 0) is 4.79 Å². The van der Waals surface area contributed by atoms with Crippen LogP contribution in [0.4, 0.5) is 16.3 Å². The Hall–Kier alpha value is -3.65. The number of carbonyl (C=O) groups is 2. The van der Waals surface area contributed by atoms with Gasteiger partial charge < -0.3 is 10.6 Å². The number of rotatable bonds is 4. The van der Waals surface area contributed by atoms with Crippen molar-refractivity contribution >= 4 is 23.4 Å². The standard InChI is InChI=1S/C22H24N6O2/c1-14-8-10-17(11-9-14)24-22(30)25-19-13-18(16-6-4-3-5-7-16)27-28(19)21-23-15(2)12-20(29)26-21/h3-11,13,15,21,23H,12H2,1-2H3,(H,26,29)(H2,24,25,30). The molecule has 1 fully saturated rings. The molecule has 2 heterocycles. The van der Waals surface area contributed by atoms with Gasteiger partial charge in [0.15, 0.2) is 6.29 Å². The summed E-state index contributed by atoms with van der Waals surface area (Å²) >= 11 is 0. The molecule has 4 rings (SSSR count). The Bertz CT molecular complexity index is 1050. The van der Waals surface area contributed by atoms with Gasteiger partial charge in [-0.3, -0.25) is 15.4 Å². The highest BCUT2D eigenvalue weighted by Crippen LogP contribution is 2.25. The number of carbonyl (C=O) groups excluding carboxylic acids is 2. The summed E-state index contributed by atoms with van der Waals surface area (Å²) in [5.41, 5.74) is 3.40. The number of urea groups is 1. The molecule has 0 aliphatic carbocycles. The third-order valence-corrected chi connectivity index (χ3v) is 4.83. The van der Waals surface area contributed by atoms with Gasteiger partial charge in [0.25, 0.3) is 0 Å². The van der Waals surface area contributed by atoms with Gasteiger partial charge in [0.05, 0.1) is 5.69 Å². The number of hydrogen-bond donors (Lipinski definition) is 4. The molecule has 4 N–H and O–H groups in total. The van der Waals surface area contributed by atoms with Crippen LogP contribution in [0.5, 0.6) is 0 Å². The van der Waals surface area contributed by atoms with E-state index in [1.54, 1.807) is 10.7 Å². The zero-order chi connectivity index (χ0) is 21.1. The smallest absolute Gasteiger partial charge is 0.322 e. The molecule has 30 heavy (non-hydrogen) atoms. The van der Waals surface area contributed by atoms with Crippen LogP contribution < -0.4 is 21.3 Å². The maximum absolute atomic E-state index is 12.6. The summed E-state index contributed by atoms with van der Waals surface area (Å²) < 4.78 is 1.59. The van der Waals surface area contributed by atoms with E-state index in [2.05, 4.69) is 26.4 Å². The Balaban J connectivity index is 1.61. The normalized spacial score (nSPS) is 18.5. The van der Waals surface area contributed by atoms with E-state index in [1.807, 2.05) is 68.4 Å². The molecule has 0 radical (unpaired) electrons. The predicted octanol–water partition coefficient (Wildman–Crippen LogP) is 3.46. The molecule has 0 bridgehead atoms. The average Bonchev–Trinajstić information content (AvgIpc) is 3.13. The molecule has 1 aliphatic heterocycles. The molecule has 2 atom stereocenters. The highest BCUT2D eigenvalue weighted by atomic mass is 16.2. The van der Waals surface area contributed by atoms with E-state index in [4.69, 9.17) is 0 Å². The molecule has 0 saturated carbocycles. The molecule has 1 aliphatic rings. The minimum Gasteiger partial charge on any atom is -0.322 e. The Kier molecular flexibility index (Phi) is 5.49. The van der Waals surface area contributed by atoms with E-state index >= 15 is 0 Å². The maximum Gasteiger partial charge on any atom is 0.324 e. The highest BCUT2D eigenvalue weighted by Gasteiger charge is 2.27. The summed E-state index contributed by atoms with van der Waals surface area (Å²) in [5.74, 6) is 0.392. The number of benzene rings is 2. The van der Waals surface area contributed by atoms with Crippen molar-refractivity contribution in [1.82, 2.24) is 20.4 Å². The van der Waals surface area contributed by atoms with E-state index in [0.717, 1.165) is 11.1 Å². The fourth-order valence-electron chi connectivity index (χ4n) is 3.34. The fraction of sp³-hybridized carbons (Fsp3) is 0.227. The van der Waals surface area contributed by atoms with Gasteiger partial charge in [-0.25, -0.2) is 9.48 Å². The minimum absolute atomic E-state index is 0.0117. The first-order valence-electron chi connectivity index (χ1n) is 9.83. The third-order valence-electron chi connectivity index (χ3n) is 4.83. The van der Waals surface area contributed by atoms with Gasteiger partial charge in [-0.1, -0.05) is 48.0 Å². The fourth-order valence-corrected chi connectivity index (χ4v) is 3.34. The molecular weight excluding hydrogens is 380 g/mol. The maximum atomic E-state index is 12.6. The summed E-state index contributed by atoms with van der Waals surface area (Å²) in [7, 11) is 0. The first-order chi connectivity index (χ1) is 14.5. The van der Waals surface area contributed by atoms with E-state index < -0.39 is 12.3 Å². The Morgan fingerprint density at radius 3 is 2.53 bits per heavy atom. The number of aromatic nitrogens is 2. The molecule has 1 saturated heterocycles. The SMILES string of the molecule is Cc1ccc(NC(=O)Nc2cc(-c3ccccc3)nn2C2NC(=O)CC(C)N2)cc1. The molecular formula is C22H24N6O2. The molecule has 154 valence electrons. The number of anilines is 2. The van der Waals surface area contributed by atoms with Crippen LogP contribution in [0.15, 0.2) is 60.7 Å². The largest absolute Gasteiger partial charge is 0.324 e. The summed E-state index contributed by atoms with van der Waals surface area (Å²) in [5, 5.41) is 16.5. The quantitative estimate of drug-likeness (QED) is 0.535. The Labute approximate surface area is 174 Å². The van der Waals surface area contributed by atoms with Crippen LogP contribution >= 0.6 is 0 Å². The monoisotopic (exact) mass is 404 g/mol. The van der Waals surface area contributed by atoms with Crippen LogP contribution in [-0.4, -0.2) is 27.8 Å². The minimum atomic E-state index is -0.562. The van der Waals surface area contributed by atoms with E-state index in [-0.39, 0.29) is 11.9 Å². The number of hydrogen-bond acceptors (Lipinski definition) is 4. The number of nitrogens with one attached hydrogen (secondary N) is 4. The van der Waals surface area contributed by atoms with Gasteiger partial charge >= 0.3 is 6.03 Å². The van der Waals surface area contributed by atoms with Crippen molar-refractivity contribution in [2.24, 2.45) is 0 Å². The van der Waals surface area contributed by atoms with Gasteiger partial charge in [-0.15, -0.1) is 0 Å². The van der Waals surface area contributed by atoms with Crippen LogP contribution in [0.1, 0.15) is 25.2 Å². The summed E-state index contributed by atoms with van der Waals surface area (Å²) in [4.78, 5) is 24.6. The average molecular weight is 404 g/mol. The molecule has 2 unspecified atom stereocenters. The zero-order valence-electron chi connectivity index (χ0n) is 16.8. The van der Waals surface area contributed by atoms with Crippen molar-refractivity contribution in [3.8, 4) is 11.3 Å². The molecule has 2 aromatic carbocycles. The van der Waals surface area contributed by atoms with Gasteiger partial charge in [0.2, 0.25) is 5.91 Å². The van der Waals surface area contributed by atoms with Crippen molar-refractivity contribution in [2.45, 2.75) is 32.6 Å². The second-order valence-corrected chi connectivity index (χ2v) is 7.41. The van der Waals surface area contributed by atoms with Gasteiger partial charge in [-0.05, 0) is 26.0 Å². The molecule has 3 amide bonds. The lowest BCUT2D eigenvalue weighted by Gasteiger charge is -2.30.